The van der Waals surface area contributed by atoms with Crippen LogP contribution in [-0.2, 0) is 21.7 Å². The number of anilines is 3. The summed E-state index contributed by atoms with van der Waals surface area (Å²) in [6, 6.07) is 49.7. The molecule has 3 heterocycles. The third-order valence-electron chi connectivity index (χ3n) is 12.6. The Bertz CT molecular complexity index is 2630. The van der Waals surface area contributed by atoms with Gasteiger partial charge in [0.25, 0.3) is 0 Å². The van der Waals surface area contributed by atoms with Crippen molar-refractivity contribution in [2.24, 2.45) is 0 Å². The quantitative estimate of drug-likeness (QED) is 0.153. The van der Waals surface area contributed by atoms with Crippen molar-refractivity contribution < 1.29 is 0 Å². The van der Waals surface area contributed by atoms with Crippen LogP contribution in [0.2, 0.25) is 0 Å². The monoisotopic (exact) mass is 717 g/mol. The van der Waals surface area contributed by atoms with Gasteiger partial charge in [0.05, 0.1) is 5.41 Å². The van der Waals surface area contributed by atoms with Gasteiger partial charge in [-0.2, -0.15) is 0 Å². The summed E-state index contributed by atoms with van der Waals surface area (Å²) >= 11 is 2.03. The average Bonchev–Trinajstić information content (AvgIpc) is 3.66. The van der Waals surface area contributed by atoms with Gasteiger partial charge in [0.2, 0.25) is 6.71 Å². The van der Waals surface area contributed by atoms with Crippen molar-refractivity contribution in [2.75, 3.05) is 4.90 Å². The van der Waals surface area contributed by atoms with Gasteiger partial charge >= 0.3 is 0 Å². The van der Waals surface area contributed by atoms with E-state index in [-0.39, 0.29) is 23.0 Å². The highest BCUT2D eigenvalue weighted by Gasteiger charge is 2.56. The van der Waals surface area contributed by atoms with Crippen LogP contribution in [0.15, 0.2) is 127 Å². The van der Waals surface area contributed by atoms with Crippen LogP contribution in [0.25, 0.3) is 21.2 Å². The maximum absolute atomic E-state index is 2.62. The summed E-state index contributed by atoms with van der Waals surface area (Å²) in [6.07, 6.45) is 0. The Morgan fingerprint density at radius 1 is 0.500 bits per heavy atom. The number of nitrogens with zero attached hydrogens (tertiary/aromatic N) is 1. The van der Waals surface area contributed by atoms with Crippen molar-refractivity contribution in [1.82, 2.24) is 0 Å². The number of fused-ring (bicyclic) bond motifs is 13. The molecule has 0 saturated carbocycles. The smallest absolute Gasteiger partial charge is 0.249 e. The first-order valence-corrected chi connectivity index (χ1v) is 20.5. The van der Waals surface area contributed by atoms with E-state index in [4.69, 9.17) is 0 Å². The first-order valence-electron chi connectivity index (χ1n) is 19.6. The second kappa shape index (κ2) is 11.1. The van der Waals surface area contributed by atoms with E-state index in [1.54, 1.807) is 0 Å². The first kappa shape index (κ1) is 33.7. The molecule has 0 unspecified atom stereocenters. The molecule has 0 atom stereocenters. The van der Waals surface area contributed by atoms with Crippen LogP contribution < -0.4 is 21.3 Å². The summed E-state index contributed by atoms with van der Waals surface area (Å²) in [5.74, 6) is 0. The zero-order chi connectivity index (χ0) is 37.5. The fraction of sp³-hybridized carbons (Fsp3) is 0.255. The molecule has 0 fully saturated rings. The van der Waals surface area contributed by atoms with E-state index in [1.165, 1.54) is 92.9 Å². The molecule has 2 aliphatic heterocycles. The molecule has 3 aliphatic rings. The molecule has 0 radical (unpaired) electrons. The van der Waals surface area contributed by atoms with Crippen LogP contribution in [0.1, 0.15) is 101 Å². The average molecular weight is 718 g/mol. The molecule has 3 heteroatoms. The van der Waals surface area contributed by atoms with Gasteiger partial charge in [-0.25, -0.2) is 0 Å². The molecule has 1 nitrogen and oxygen atoms in total. The molecule has 54 heavy (non-hydrogen) atoms. The molecule has 0 N–H and O–H groups in total. The van der Waals surface area contributed by atoms with Crippen molar-refractivity contribution in [3.63, 3.8) is 0 Å². The number of thiophene rings is 1. The predicted molar refractivity (Wildman–Crippen MR) is 235 cm³/mol. The number of hydrogen-bond donors (Lipinski definition) is 0. The molecule has 1 spiro atoms. The van der Waals surface area contributed by atoms with Crippen LogP contribution in [0.3, 0.4) is 0 Å². The summed E-state index contributed by atoms with van der Waals surface area (Å²) in [5.41, 5.74) is 18.7. The van der Waals surface area contributed by atoms with Crippen LogP contribution in [-0.4, -0.2) is 6.71 Å². The van der Waals surface area contributed by atoms with Crippen molar-refractivity contribution >= 4 is 61.6 Å². The first-order chi connectivity index (χ1) is 25.7. The highest BCUT2D eigenvalue weighted by atomic mass is 32.1. The van der Waals surface area contributed by atoms with Crippen LogP contribution in [0, 0.1) is 0 Å². The molecule has 6 aromatic carbocycles. The van der Waals surface area contributed by atoms with E-state index in [2.05, 4.69) is 195 Å². The Morgan fingerprint density at radius 2 is 1.07 bits per heavy atom. The van der Waals surface area contributed by atoms with E-state index in [0.717, 1.165) is 0 Å². The number of hydrogen-bond acceptors (Lipinski definition) is 2. The lowest BCUT2D eigenvalue weighted by molar-refractivity contribution is 0.588. The summed E-state index contributed by atoms with van der Waals surface area (Å²) in [4.78, 5) is 4.07. The van der Waals surface area contributed by atoms with Gasteiger partial charge in [-0.3, -0.25) is 0 Å². The normalized spacial score (nSPS) is 15.2. The zero-order valence-electron chi connectivity index (χ0n) is 33.1. The SMILES string of the molecule is CC(C)(C)c1ccc(N2c3ccccc3B3c4c2cc(C(C)(C)C)cc4C2(c4ccccc4-c4ccccc42)c2sc4ccc(C(C)(C)C)cc4c23)cc1. The lowest BCUT2D eigenvalue weighted by Crippen LogP contribution is -2.64. The third-order valence-corrected chi connectivity index (χ3v) is 13.9. The zero-order valence-corrected chi connectivity index (χ0v) is 33.9. The maximum atomic E-state index is 2.62. The Hall–Kier alpha value is -4.86. The van der Waals surface area contributed by atoms with Gasteiger partial charge < -0.3 is 4.90 Å². The molecular weight excluding hydrogens is 669 g/mol. The van der Waals surface area contributed by atoms with Crippen LogP contribution >= 0.6 is 11.3 Å². The fourth-order valence-corrected chi connectivity index (χ4v) is 11.3. The van der Waals surface area contributed by atoms with E-state index in [9.17, 15) is 0 Å². The Morgan fingerprint density at radius 3 is 1.70 bits per heavy atom. The molecule has 1 aromatic heterocycles. The summed E-state index contributed by atoms with van der Waals surface area (Å²) in [6.45, 7) is 21.2. The Kier molecular flexibility index (Phi) is 6.93. The molecule has 0 amide bonds. The topological polar surface area (TPSA) is 3.24 Å². The molecule has 7 aromatic rings. The highest BCUT2D eigenvalue weighted by molar-refractivity contribution is 7.22. The van der Waals surface area contributed by atoms with Crippen molar-refractivity contribution in [1.29, 1.82) is 0 Å². The second-order valence-electron chi connectivity index (χ2n) is 19.0. The van der Waals surface area contributed by atoms with Crippen molar-refractivity contribution in [2.45, 2.75) is 84.0 Å². The van der Waals surface area contributed by atoms with E-state index < -0.39 is 5.41 Å². The number of para-hydroxylation sites is 1. The highest BCUT2D eigenvalue weighted by Crippen LogP contribution is 2.60. The van der Waals surface area contributed by atoms with Gasteiger partial charge in [-0.15, -0.1) is 11.3 Å². The van der Waals surface area contributed by atoms with E-state index >= 15 is 0 Å². The molecular formula is C51H48BNS. The summed E-state index contributed by atoms with van der Waals surface area (Å²) < 4.78 is 1.37. The largest absolute Gasteiger partial charge is 0.312 e. The third kappa shape index (κ3) is 4.51. The molecule has 0 saturated heterocycles. The van der Waals surface area contributed by atoms with Crippen LogP contribution in [0.5, 0.6) is 0 Å². The summed E-state index contributed by atoms with van der Waals surface area (Å²) in [5, 5.41) is 1.41. The van der Waals surface area contributed by atoms with Crippen molar-refractivity contribution in [3.05, 3.63) is 166 Å². The van der Waals surface area contributed by atoms with Gasteiger partial charge in [-0.1, -0.05) is 159 Å². The molecule has 1 aliphatic carbocycles. The van der Waals surface area contributed by atoms with E-state index in [1.807, 2.05) is 11.3 Å². The van der Waals surface area contributed by atoms with E-state index in [0.29, 0.717) is 0 Å². The lowest BCUT2D eigenvalue weighted by Gasteiger charge is -2.47. The van der Waals surface area contributed by atoms with Gasteiger partial charge in [0, 0.05) is 26.6 Å². The molecule has 10 rings (SSSR count). The second-order valence-corrected chi connectivity index (χ2v) is 20.0. The lowest BCUT2D eigenvalue weighted by atomic mass is 9.30. The predicted octanol–water partition coefficient (Wildman–Crippen LogP) is 11.8. The minimum Gasteiger partial charge on any atom is -0.312 e. The van der Waals surface area contributed by atoms with Gasteiger partial charge in [0.1, 0.15) is 0 Å². The van der Waals surface area contributed by atoms with Gasteiger partial charge in [0.15, 0.2) is 0 Å². The van der Waals surface area contributed by atoms with Crippen LogP contribution in [0.4, 0.5) is 17.1 Å². The Labute approximate surface area is 325 Å². The molecule has 266 valence electrons. The minimum absolute atomic E-state index is 0.0348. The number of rotatable bonds is 1. The van der Waals surface area contributed by atoms with Gasteiger partial charge in [-0.05, 0) is 113 Å². The maximum Gasteiger partial charge on any atom is 0.249 e. The fourth-order valence-electron chi connectivity index (χ4n) is 9.82. The minimum atomic E-state index is -0.454. The number of benzene rings is 6. The standard InChI is InChI=1S/C51H48BNS/c1-48(2,3)31-22-25-34(26-23-31)53-42-21-15-14-20-41(42)52-45-37-28-32(49(4,5)6)24-27-44(37)54-47(45)51(40-29-33(50(7,8)9)30-43(53)46(40)52)38-18-12-10-16-35(38)36-17-11-13-19-39(36)51/h10-30H,1-9H3. The van der Waals surface area contributed by atoms with Crippen molar-refractivity contribution in [3.8, 4) is 11.1 Å². The Balaban J connectivity index is 1.41. The summed E-state index contributed by atoms with van der Waals surface area (Å²) in [7, 11) is 0. The molecule has 0 bridgehead atoms.